The zero-order chi connectivity index (χ0) is 12.5. The van der Waals surface area contributed by atoms with Gasteiger partial charge in [-0.05, 0) is 37.0 Å². The fourth-order valence-electron chi connectivity index (χ4n) is 3.54. The first-order valence-corrected chi connectivity index (χ1v) is 6.75. The minimum absolute atomic E-state index is 0.0286. The second kappa shape index (κ2) is 4.63. The van der Waals surface area contributed by atoms with Crippen LogP contribution in [0.25, 0.3) is 0 Å². The van der Waals surface area contributed by atoms with Gasteiger partial charge in [0.25, 0.3) is 0 Å². The summed E-state index contributed by atoms with van der Waals surface area (Å²) in [7, 11) is 0. The molecular formula is C13H20N4O. The van der Waals surface area contributed by atoms with E-state index in [1.54, 1.807) is 17.1 Å². The van der Waals surface area contributed by atoms with Crippen molar-refractivity contribution in [2.24, 2.45) is 17.8 Å². The van der Waals surface area contributed by atoms with Crippen molar-refractivity contribution in [3.8, 4) is 0 Å². The van der Waals surface area contributed by atoms with Crippen molar-refractivity contribution in [2.75, 3.05) is 12.3 Å². The van der Waals surface area contributed by atoms with Gasteiger partial charge in [0, 0.05) is 12.7 Å². The number of rotatable bonds is 4. The van der Waals surface area contributed by atoms with Crippen LogP contribution in [0.4, 0.5) is 5.69 Å². The second-order valence-corrected chi connectivity index (χ2v) is 5.71. The van der Waals surface area contributed by atoms with Gasteiger partial charge in [0.1, 0.15) is 6.54 Å². The summed E-state index contributed by atoms with van der Waals surface area (Å²) in [5.74, 6) is 2.52. The third-order valence-electron chi connectivity index (χ3n) is 4.40. The van der Waals surface area contributed by atoms with Crippen LogP contribution < -0.4 is 11.1 Å². The summed E-state index contributed by atoms with van der Waals surface area (Å²) in [6.07, 6.45) is 8.69. The molecule has 0 aromatic carbocycles. The van der Waals surface area contributed by atoms with E-state index in [4.69, 9.17) is 5.73 Å². The molecule has 5 nitrogen and oxygen atoms in total. The van der Waals surface area contributed by atoms with Crippen molar-refractivity contribution in [1.82, 2.24) is 15.1 Å². The Labute approximate surface area is 107 Å². The lowest BCUT2D eigenvalue weighted by molar-refractivity contribution is -0.122. The largest absolute Gasteiger partial charge is 0.396 e. The van der Waals surface area contributed by atoms with Crippen LogP contribution in [0.2, 0.25) is 0 Å². The smallest absolute Gasteiger partial charge is 0.241 e. The van der Waals surface area contributed by atoms with Gasteiger partial charge in [0.05, 0.1) is 11.9 Å². The first-order chi connectivity index (χ1) is 8.70. The normalized spacial score (nSPS) is 29.7. The number of carbonyl (C=O) groups is 1. The number of hydrogen-bond donors (Lipinski definition) is 2. The molecule has 3 unspecified atom stereocenters. The molecule has 1 heterocycles. The molecule has 1 aromatic heterocycles. The van der Waals surface area contributed by atoms with Crippen molar-refractivity contribution in [3.63, 3.8) is 0 Å². The average Bonchev–Trinajstić information content (AvgIpc) is 3.03. The highest BCUT2D eigenvalue weighted by Crippen LogP contribution is 2.47. The number of carbonyl (C=O) groups excluding carboxylic acids is 1. The van der Waals surface area contributed by atoms with Crippen LogP contribution in [-0.4, -0.2) is 22.2 Å². The molecule has 0 spiro atoms. The number of nitrogens with zero attached hydrogens (tertiary/aromatic N) is 2. The molecule has 1 amide bonds. The summed E-state index contributed by atoms with van der Waals surface area (Å²) in [5, 5.41) is 7.03. The van der Waals surface area contributed by atoms with Crippen LogP contribution in [0, 0.1) is 17.8 Å². The number of nitrogens with one attached hydrogen (secondary N) is 1. The quantitative estimate of drug-likeness (QED) is 0.835. The van der Waals surface area contributed by atoms with Gasteiger partial charge in [-0.15, -0.1) is 0 Å². The van der Waals surface area contributed by atoms with Gasteiger partial charge in [0.2, 0.25) is 5.91 Å². The van der Waals surface area contributed by atoms with E-state index in [0.29, 0.717) is 11.6 Å². The average molecular weight is 248 g/mol. The summed E-state index contributed by atoms with van der Waals surface area (Å²) in [6.45, 7) is 1.09. The monoisotopic (exact) mass is 248 g/mol. The van der Waals surface area contributed by atoms with Crippen molar-refractivity contribution in [3.05, 3.63) is 12.4 Å². The van der Waals surface area contributed by atoms with E-state index in [1.807, 2.05) is 0 Å². The maximum absolute atomic E-state index is 11.8. The molecule has 3 N–H and O–H groups in total. The maximum atomic E-state index is 11.8. The van der Waals surface area contributed by atoms with Gasteiger partial charge in [-0.25, -0.2) is 0 Å². The molecule has 3 atom stereocenters. The molecule has 2 saturated carbocycles. The minimum Gasteiger partial charge on any atom is -0.396 e. The SMILES string of the molecule is Nc1cnn(CC(=O)NCC2CC3CCC2C3)c1. The lowest BCUT2D eigenvalue weighted by Gasteiger charge is -2.21. The summed E-state index contributed by atoms with van der Waals surface area (Å²) in [6, 6.07) is 0. The van der Waals surface area contributed by atoms with Gasteiger partial charge in [-0.1, -0.05) is 6.42 Å². The zero-order valence-electron chi connectivity index (χ0n) is 10.5. The Bertz CT molecular complexity index is 442. The summed E-state index contributed by atoms with van der Waals surface area (Å²) in [5.41, 5.74) is 6.15. The first-order valence-electron chi connectivity index (χ1n) is 6.75. The van der Waals surface area contributed by atoms with E-state index in [2.05, 4.69) is 10.4 Å². The van der Waals surface area contributed by atoms with Gasteiger partial charge >= 0.3 is 0 Å². The van der Waals surface area contributed by atoms with Gasteiger partial charge in [-0.3, -0.25) is 9.48 Å². The topological polar surface area (TPSA) is 72.9 Å². The van der Waals surface area contributed by atoms with Crippen LogP contribution in [0.3, 0.4) is 0 Å². The Morgan fingerprint density at radius 3 is 3.00 bits per heavy atom. The lowest BCUT2D eigenvalue weighted by atomic mass is 9.89. The Hall–Kier alpha value is -1.52. The molecule has 0 radical (unpaired) electrons. The fourth-order valence-corrected chi connectivity index (χ4v) is 3.54. The number of hydrogen-bond acceptors (Lipinski definition) is 3. The first kappa shape index (κ1) is 11.6. The van der Waals surface area contributed by atoms with Crippen LogP contribution in [0.1, 0.15) is 25.7 Å². The fraction of sp³-hybridized carbons (Fsp3) is 0.692. The Morgan fingerprint density at radius 1 is 1.50 bits per heavy atom. The zero-order valence-corrected chi connectivity index (χ0v) is 10.5. The van der Waals surface area contributed by atoms with E-state index in [0.717, 1.165) is 18.4 Å². The molecule has 2 bridgehead atoms. The van der Waals surface area contributed by atoms with E-state index in [-0.39, 0.29) is 12.5 Å². The van der Waals surface area contributed by atoms with Crippen molar-refractivity contribution < 1.29 is 4.79 Å². The number of nitrogens with two attached hydrogens (primary N) is 1. The molecule has 0 aliphatic heterocycles. The molecule has 2 aliphatic rings. The Balaban J connectivity index is 1.44. The maximum Gasteiger partial charge on any atom is 0.241 e. The molecule has 3 rings (SSSR count). The number of aromatic nitrogens is 2. The third kappa shape index (κ3) is 2.35. The molecule has 98 valence electrons. The van der Waals surface area contributed by atoms with E-state index in [1.165, 1.54) is 25.7 Å². The summed E-state index contributed by atoms with van der Waals surface area (Å²) < 4.78 is 1.57. The molecule has 5 heteroatoms. The van der Waals surface area contributed by atoms with Crippen LogP contribution in [-0.2, 0) is 11.3 Å². The van der Waals surface area contributed by atoms with Crippen molar-refractivity contribution in [2.45, 2.75) is 32.2 Å². The highest BCUT2D eigenvalue weighted by Gasteiger charge is 2.39. The van der Waals surface area contributed by atoms with Gasteiger partial charge < -0.3 is 11.1 Å². The standard InChI is InChI=1S/C13H20N4O/c14-12-6-16-17(7-12)8-13(18)15-5-11-4-9-1-2-10(11)3-9/h6-7,9-11H,1-5,8,14H2,(H,15,18). The highest BCUT2D eigenvalue weighted by molar-refractivity contribution is 5.75. The minimum atomic E-state index is 0.0286. The van der Waals surface area contributed by atoms with E-state index in [9.17, 15) is 4.79 Å². The number of fused-ring (bicyclic) bond motifs is 2. The van der Waals surface area contributed by atoms with Crippen LogP contribution >= 0.6 is 0 Å². The van der Waals surface area contributed by atoms with Crippen molar-refractivity contribution >= 4 is 11.6 Å². The molecule has 18 heavy (non-hydrogen) atoms. The molecule has 1 aromatic rings. The number of amides is 1. The third-order valence-corrected chi connectivity index (χ3v) is 4.40. The Morgan fingerprint density at radius 2 is 2.39 bits per heavy atom. The number of nitrogen functional groups attached to an aromatic ring is 1. The highest BCUT2D eigenvalue weighted by atomic mass is 16.2. The van der Waals surface area contributed by atoms with Gasteiger partial charge in [-0.2, -0.15) is 5.10 Å². The molecular weight excluding hydrogens is 228 g/mol. The molecule has 2 fully saturated rings. The predicted molar refractivity (Wildman–Crippen MR) is 68.6 cm³/mol. The van der Waals surface area contributed by atoms with Gasteiger partial charge in [0.15, 0.2) is 0 Å². The predicted octanol–water partition coefficient (Wildman–Crippen LogP) is 1.02. The van der Waals surface area contributed by atoms with E-state index >= 15 is 0 Å². The molecule has 2 aliphatic carbocycles. The van der Waals surface area contributed by atoms with Crippen LogP contribution in [0.5, 0.6) is 0 Å². The summed E-state index contributed by atoms with van der Waals surface area (Å²) in [4.78, 5) is 11.8. The van der Waals surface area contributed by atoms with E-state index < -0.39 is 0 Å². The lowest BCUT2D eigenvalue weighted by Crippen LogP contribution is -2.33. The Kier molecular flexibility index (Phi) is 2.97. The second-order valence-electron chi connectivity index (χ2n) is 5.71. The van der Waals surface area contributed by atoms with Crippen LogP contribution in [0.15, 0.2) is 12.4 Å². The summed E-state index contributed by atoms with van der Waals surface area (Å²) >= 11 is 0. The van der Waals surface area contributed by atoms with Crippen molar-refractivity contribution in [1.29, 1.82) is 0 Å². The number of anilines is 1. The molecule has 0 saturated heterocycles.